The molecule has 172 valence electrons. The number of benzene rings is 2. The Morgan fingerprint density at radius 2 is 1.76 bits per heavy atom. The van der Waals surface area contributed by atoms with Gasteiger partial charge >= 0.3 is 0 Å². The molecule has 0 saturated carbocycles. The Balaban J connectivity index is 0.00000306. The molecule has 0 atom stereocenters. The lowest BCUT2D eigenvalue weighted by Crippen LogP contribution is -2.39. The van der Waals surface area contributed by atoms with Gasteiger partial charge in [-0.25, -0.2) is 14.1 Å². The molecule has 0 aliphatic rings. The van der Waals surface area contributed by atoms with E-state index in [2.05, 4.69) is 50.0 Å². The van der Waals surface area contributed by atoms with Crippen LogP contribution in [0, 0.1) is 5.82 Å². The van der Waals surface area contributed by atoms with E-state index < -0.39 is 0 Å². The molecule has 0 bridgehead atoms. The predicted molar refractivity (Wildman–Crippen MR) is 138 cm³/mol. The van der Waals surface area contributed by atoms with Gasteiger partial charge in [-0.1, -0.05) is 12.1 Å². The van der Waals surface area contributed by atoms with Crippen molar-refractivity contribution in [1.29, 1.82) is 0 Å². The summed E-state index contributed by atoms with van der Waals surface area (Å²) in [6.07, 6.45) is 6.88. The maximum Gasteiger partial charge on any atom is 0.226 e. The first kappa shape index (κ1) is 24.4. The van der Waals surface area contributed by atoms with Crippen LogP contribution in [0.4, 0.5) is 4.39 Å². The van der Waals surface area contributed by atoms with Crippen molar-refractivity contribution in [2.24, 2.45) is 4.99 Å². The summed E-state index contributed by atoms with van der Waals surface area (Å²) in [7, 11) is 1.75. The maximum absolute atomic E-state index is 13.1. The second kappa shape index (κ2) is 12.1. The zero-order valence-corrected chi connectivity index (χ0v) is 20.6. The monoisotopic (exact) mass is 560 g/mol. The number of nitrogens with zero attached hydrogens (tertiary/aromatic N) is 4. The van der Waals surface area contributed by atoms with E-state index in [0.29, 0.717) is 18.9 Å². The highest BCUT2D eigenvalue weighted by Gasteiger charge is 2.07. The Labute approximate surface area is 209 Å². The first-order valence-corrected chi connectivity index (χ1v) is 10.4. The average molecular weight is 560 g/mol. The van der Waals surface area contributed by atoms with Gasteiger partial charge in [0.1, 0.15) is 12.1 Å². The minimum atomic E-state index is -0.283. The highest BCUT2D eigenvalue weighted by molar-refractivity contribution is 14.0. The van der Waals surface area contributed by atoms with E-state index in [4.69, 9.17) is 4.42 Å². The van der Waals surface area contributed by atoms with Gasteiger partial charge in [0.2, 0.25) is 5.89 Å². The fourth-order valence-electron chi connectivity index (χ4n) is 3.24. The largest absolute Gasteiger partial charge is 0.444 e. The summed E-state index contributed by atoms with van der Waals surface area (Å²) in [6.45, 7) is 1.42. The van der Waals surface area contributed by atoms with E-state index in [1.165, 1.54) is 17.7 Å². The number of halogens is 2. The molecule has 4 aromatic rings. The Bertz CT molecular complexity index is 1140. The van der Waals surface area contributed by atoms with Gasteiger partial charge in [-0.3, -0.25) is 4.99 Å². The molecule has 0 unspecified atom stereocenters. The smallest absolute Gasteiger partial charge is 0.226 e. The van der Waals surface area contributed by atoms with Crippen molar-refractivity contribution >= 4 is 29.9 Å². The fraction of sp³-hybridized carbons (Fsp3) is 0.208. The number of nitrogens with one attached hydrogen (secondary N) is 2. The third-order valence-electron chi connectivity index (χ3n) is 4.95. The quantitative estimate of drug-likeness (QED) is 0.192. The third kappa shape index (κ3) is 6.88. The van der Waals surface area contributed by atoms with Crippen molar-refractivity contribution < 1.29 is 8.81 Å². The zero-order chi connectivity index (χ0) is 22.2. The van der Waals surface area contributed by atoms with Crippen molar-refractivity contribution in [3.05, 3.63) is 90.3 Å². The molecule has 2 heterocycles. The Morgan fingerprint density at radius 1 is 1.03 bits per heavy atom. The van der Waals surface area contributed by atoms with E-state index in [9.17, 15) is 4.39 Å². The first-order chi connectivity index (χ1) is 15.7. The molecule has 0 saturated heterocycles. The van der Waals surface area contributed by atoms with E-state index in [0.717, 1.165) is 35.9 Å². The van der Waals surface area contributed by atoms with E-state index >= 15 is 0 Å². The van der Waals surface area contributed by atoms with Crippen molar-refractivity contribution in [3.63, 3.8) is 0 Å². The van der Waals surface area contributed by atoms with Crippen LogP contribution in [0.3, 0.4) is 0 Å². The summed E-state index contributed by atoms with van der Waals surface area (Å²) in [6, 6.07) is 16.3. The van der Waals surface area contributed by atoms with Gasteiger partial charge < -0.3 is 15.1 Å². The fourth-order valence-corrected chi connectivity index (χ4v) is 3.24. The Kier molecular flexibility index (Phi) is 8.99. The van der Waals surface area contributed by atoms with Crippen LogP contribution >= 0.6 is 24.0 Å². The summed E-state index contributed by atoms with van der Waals surface area (Å²) in [5.41, 5.74) is 3.85. The van der Waals surface area contributed by atoms with Gasteiger partial charge in [0.25, 0.3) is 0 Å². The molecule has 4 rings (SSSR count). The number of aliphatic imine (C=N–C) groups is 1. The predicted octanol–water partition coefficient (Wildman–Crippen LogP) is 4.23. The minimum Gasteiger partial charge on any atom is -0.444 e. The molecule has 0 fully saturated rings. The SMILES string of the molecule is CN=C(NCCc1ccc(-n2cccn2)cc1)NCCc1coc(-c2ccc(F)cc2)n1.I. The highest BCUT2D eigenvalue weighted by Crippen LogP contribution is 2.19. The van der Waals surface area contributed by atoms with E-state index in [1.54, 1.807) is 31.6 Å². The van der Waals surface area contributed by atoms with Crippen molar-refractivity contribution in [3.8, 4) is 17.1 Å². The number of hydrogen-bond donors (Lipinski definition) is 2. The summed E-state index contributed by atoms with van der Waals surface area (Å²) in [5.74, 6) is 0.941. The minimum absolute atomic E-state index is 0. The van der Waals surface area contributed by atoms with Gasteiger partial charge in [0.15, 0.2) is 5.96 Å². The third-order valence-corrected chi connectivity index (χ3v) is 4.95. The topological polar surface area (TPSA) is 80.3 Å². The molecule has 0 amide bonds. The van der Waals surface area contributed by atoms with Crippen LogP contribution < -0.4 is 10.6 Å². The molecule has 0 aliphatic carbocycles. The van der Waals surface area contributed by atoms with E-state index in [1.807, 2.05) is 16.9 Å². The van der Waals surface area contributed by atoms with Gasteiger partial charge in [0.05, 0.1) is 11.4 Å². The van der Waals surface area contributed by atoms with Crippen molar-refractivity contribution in [2.75, 3.05) is 20.1 Å². The number of rotatable bonds is 8. The lowest BCUT2D eigenvalue weighted by molar-refractivity contribution is 0.571. The molecular weight excluding hydrogens is 534 g/mol. The van der Waals surface area contributed by atoms with Crippen LogP contribution in [0.2, 0.25) is 0 Å². The van der Waals surface area contributed by atoms with Gasteiger partial charge in [0, 0.05) is 44.5 Å². The molecule has 0 radical (unpaired) electrons. The van der Waals surface area contributed by atoms with Crippen LogP contribution in [0.15, 0.2) is 82.7 Å². The Hall–Kier alpha value is -3.21. The van der Waals surface area contributed by atoms with Gasteiger partial charge in [-0.15, -0.1) is 24.0 Å². The molecule has 0 spiro atoms. The maximum atomic E-state index is 13.1. The van der Waals surface area contributed by atoms with Crippen LogP contribution in [0.1, 0.15) is 11.3 Å². The second-order valence-corrected chi connectivity index (χ2v) is 7.19. The summed E-state index contributed by atoms with van der Waals surface area (Å²) >= 11 is 0. The van der Waals surface area contributed by atoms with Gasteiger partial charge in [-0.2, -0.15) is 5.10 Å². The molecule has 2 aromatic carbocycles. The molecule has 7 nitrogen and oxygen atoms in total. The normalized spacial score (nSPS) is 11.2. The van der Waals surface area contributed by atoms with Crippen LogP contribution in [0.5, 0.6) is 0 Å². The molecule has 33 heavy (non-hydrogen) atoms. The summed E-state index contributed by atoms with van der Waals surface area (Å²) < 4.78 is 20.4. The number of guanidine groups is 1. The number of aromatic nitrogens is 3. The lowest BCUT2D eigenvalue weighted by atomic mass is 10.1. The molecular formula is C24H26FIN6O. The van der Waals surface area contributed by atoms with Crippen molar-refractivity contribution in [1.82, 2.24) is 25.4 Å². The highest BCUT2D eigenvalue weighted by atomic mass is 127. The van der Waals surface area contributed by atoms with E-state index in [-0.39, 0.29) is 29.8 Å². The zero-order valence-electron chi connectivity index (χ0n) is 18.2. The summed E-state index contributed by atoms with van der Waals surface area (Å²) in [4.78, 5) is 8.73. The van der Waals surface area contributed by atoms with Crippen molar-refractivity contribution in [2.45, 2.75) is 12.8 Å². The second-order valence-electron chi connectivity index (χ2n) is 7.19. The molecule has 0 aliphatic heterocycles. The number of hydrogen-bond acceptors (Lipinski definition) is 4. The lowest BCUT2D eigenvalue weighted by Gasteiger charge is -2.11. The average Bonchev–Trinajstić information content (AvgIpc) is 3.52. The molecule has 2 aromatic heterocycles. The summed E-state index contributed by atoms with van der Waals surface area (Å²) in [5, 5.41) is 10.8. The number of oxazole rings is 1. The molecule has 2 N–H and O–H groups in total. The first-order valence-electron chi connectivity index (χ1n) is 10.4. The van der Waals surface area contributed by atoms with Gasteiger partial charge in [-0.05, 0) is 54.4 Å². The standard InChI is InChI=1S/C24H25FN6O.HI/c1-26-24(27-14-11-18-3-9-22(10-4-18)31-16-2-13-29-31)28-15-12-21-17-32-23(30-21)19-5-7-20(25)8-6-19;/h2-10,13,16-17H,11-12,14-15H2,1H3,(H2,26,27,28);1H. The Morgan fingerprint density at radius 3 is 2.42 bits per heavy atom. The van der Waals surface area contributed by atoms with Crippen LogP contribution in [0.25, 0.3) is 17.1 Å². The van der Waals surface area contributed by atoms with Crippen LogP contribution in [-0.4, -0.2) is 40.9 Å². The van der Waals surface area contributed by atoms with Crippen LogP contribution in [-0.2, 0) is 12.8 Å². The molecule has 9 heteroatoms.